The number of carbonyl (C=O) groups excluding carboxylic acids is 1. The molecule has 0 bridgehead atoms. The molecule has 3 aromatic rings. The first-order chi connectivity index (χ1) is 14.0. The zero-order valence-corrected chi connectivity index (χ0v) is 16.2. The Morgan fingerprint density at radius 1 is 1.24 bits per heavy atom. The molecule has 1 amide bonds. The molecule has 29 heavy (non-hydrogen) atoms. The van der Waals surface area contributed by atoms with Crippen molar-refractivity contribution < 1.29 is 22.9 Å². The summed E-state index contributed by atoms with van der Waals surface area (Å²) < 4.78 is 29.4. The molecule has 1 atom stereocenters. The van der Waals surface area contributed by atoms with Gasteiger partial charge in [-0.05, 0) is 55.2 Å². The Kier molecular flexibility index (Phi) is 5.33. The summed E-state index contributed by atoms with van der Waals surface area (Å²) in [6.07, 6.45) is 2.15. The van der Waals surface area contributed by atoms with Crippen LogP contribution in [-0.2, 0) is 6.61 Å². The van der Waals surface area contributed by atoms with Gasteiger partial charge in [-0.25, -0.2) is 4.39 Å². The van der Waals surface area contributed by atoms with E-state index in [1.165, 1.54) is 24.3 Å². The molecule has 4 rings (SSSR count). The Labute approximate surface area is 167 Å². The molecule has 0 aliphatic heterocycles. The van der Waals surface area contributed by atoms with Crippen LogP contribution in [0.3, 0.4) is 0 Å². The SMILES string of the molecule is CC(C)C(NC(=O)c1ccc(COc2ccc(F)cc2)o1)c1nc(C2CC2)no1. The van der Waals surface area contributed by atoms with Gasteiger partial charge in [0.1, 0.15) is 30.0 Å². The molecule has 8 heteroatoms. The topological polar surface area (TPSA) is 90.4 Å². The molecule has 1 unspecified atom stereocenters. The highest BCUT2D eigenvalue weighted by atomic mass is 19.1. The van der Waals surface area contributed by atoms with Crippen molar-refractivity contribution >= 4 is 5.91 Å². The Hall–Kier alpha value is -3.16. The molecular formula is C21H22FN3O4. The smallest absolute Gasteiger partial charge is 0.287 e. The van der Waals surface area contributed by atoms with Crippen molar-refractivity contribution in [3.05, 3.63) is 65.5 Å². The zero-order valence-electron chi connectivity index (χ0n) is 16.2. The molecule has 2 heterocycles. The van der Waals surface area contributed by atoms with E-state index in [0.29, 0.717) is 29.1 Å². The molecule has 152 valence electrons. The van der Waals surface area contributed by atoms with Crippen LogP contribution in [-0.4, -0.2) is 16.0 Å². The second-order valence-electron chi connectivity index (χ2n) is 7.47. The largest absolute Gasteiger partial charge is 0.486 e. The first-order valence-electron chi connectivity index (χ1n) is 9.61. The zero-order chi connectivity index (χ0) is 20.4. The number of ether oxygens (including phenoxy) is 1. The molecule has 0 saturated heterocycles. The van der Waals surface area contributed by atoms with Gasteiger partial charge in [0.05, 0.1) is 0 Å². The Morgan fingerprint density at radius 3 is 2.69 bits per heavy atom. The number of hydrogen-bond donors (Lipinski definition) is 1. The maximum Gasteiger partial charge on any atom is 0.287 e. The lowest BCUT2D eigenvalue weighted by molar-refractivity contribution is 0.0881. The minimum Gasteiger partial charge on any atom is -0.486 e. The molecule has 7 nitrogen and oxygen atoms in total. The molecule has 0 spiro atoms. The van der Waals surface area contributed by atoms with E-state index in [-0.39, 0.29) is 30.0 Å². The van der Waals surface area contributed by atoms with Crippen LogP contribution in [0.4, 0.5) is 4.39 Å². The molecule has 2 aromatic heterocycles. The van der Waals surface area contributed by atoms with Crippen molar-refractivity contribution in [2.45, 2.75) is 45.3 Å². The summed E-state index contributed by atoms with van der Waals surface area (Å²) in [4.78, 5) is 17.1. The number of hydrogen-bond acceptors (Lipinski definition) is 6. The maximum absolute atomic E-state index is 12.9. The van der Waals surface area contributed by atoms with Crippen LogP contribution in [0.1, 0.15) is 66.7 Å². The number of nitrogens with one attached hydrogen (secondary N) is 1. The van der Waals surface area contributed by atoms with Gasteiger partial charge in [-0.15, -0.1) is 0 Å². The Morgan fingerprint density at radius 2 is 2.00 bits per heavy atom. The van der Waals surface area contributed by atoms with Crippen LogP contribution in [0.2, 0.25) is 0 Å². The fourth-order valence-electron chi connectivity index (χ4n) is 2.87. The number of carbonyl (C=O) groups is 1. The average molecular weight is 399 g/mol. The molecule has 0 radical (unpaired) electrons. The van der Waals surface area contributed by atoms with E-state index in [0.717, 1.165) is 12.8 Å². The lowest BCUT2D eigenvalue weighted by Crippen LogP contribution is -2.31. The fourth-order valence-corrected chi connectivity index (χ4v) is 2.87. The summed E-state index contributed by atoms with van der Waals surface area (Å²) in [6.45, 7) is 4.06. The summed E-state index contributed by atoms with van der Waals surface area (Å²) in [6, 6.07) is 8.52. The quantitative estimate of drug-likeness (QED) is 0.604. The predicted octanol–water partition coefficient (Wildman–Crippen LogP) is 4.39. The molecular weight excluding hydrogens is 377 g/mol. The standard InChI is InChI=1S/C21H22FN3O4/c1-12(2)18(21-24-19(25-29-21)13-3-4-13)23-20(26)17-10-9-16(28-17)11-27-15-7-5-14(22)6-8-15/h5-10,12-13,18H,3-4,11H2,1-2H3,(H,23,26). The van der Waals surface area contributed by atoms with Gasteiger partial charge < -0.3 is 19.0 Å². The monoisotopic (exact) mass is 399 g/mol. The minimum absolute atomic E-state index is 0.0581. The minimum atomic E-state index is -0.411. The van der Waals surface area contributed by atoms with Crippen molar-refractivity contribution in [2.75, 3.05) is 0 Å². The van der Waals surface area contributed by atoms with Crippen LogP contribution in [0.25, 0.3) is 0 Å². The summed E-state index contributed by atoms with van der Waals surface area (Å²) >= 11 is 0. The number of nitrogens with zero attached hydrogens (tertiary/aromatic N) is 2. The average Bonchev–Trinajstić information content (AvgIpc) is 3.25. The highest BCUT2D eigenvalue weighted by Crippen LogP contribution is 2.38. The van der Waals surface area contributed by atoms with Gasteiger partial charge in [0, 0.05) is 5.92 Å². The van der Waals surface area contributed by atoms with E-state index in [2.05, 4.69) is 15.5 Å². The van der Waals surface area contributed by atoms with E-state index in [1.807, 2.05) is 13.8 Å². The van der Waals surface area contributed by atoms with Crippen molar-refractivity contribution in [3.63, 3.8) is 0 Å². The van der Waals surface area contributed by atoms with E-state index in [4.69, 9.17) is 13.7 Å². The molecule has 1 aliphatic carbocycles. The van der Waals surface area contributed by atoms with Crippen molar-refractivity contribution in [1.29, 1.82) is 0 Å². The number of aromatic nitrogens is 2. The van der Waals surface area contributed by atoms with Gasteiger partial charge >= 0.3 is 0 Å². The summed E-state index contributed by atoms with van der Waals surface area (Å²) in [7, 11) is 0. The normalized spacial score (nSPS) is 14.8. The third-order valence-corrected chi connectivity index (χ3v) is 4.70. The van der Waals surface area contributed by atoms with Crippen LogP contribution in [0.5, 0.6) is 5.75 Å². The van der Waals surface area contributed by atoms with Gasteiger partial charge in [0.2, 0.25) is 5.89 Å². The molecule has 1 aliphatic rings. The highest BCUT2D eigenvalue weighted by molar-refractivity contribution is 5.91. The third-order valence-electron chi connectivity index (χ3n) is 4.70. The maximum atomic E-state index is 12.9. The molecule has 1 fully saturated rings. The van der Waals surface area contributed by atoms with E-state index in [9.17, 15) is 9.18 Å². The van der Waals surface area contributed by atoms with Crippen LogP contribution in [0.15, 0.2) is 45.3 Å². The summed E-state index contributed by atoms with van der Waals surface area (Å²) in [5.74, 6) is 2.00. The van der Waals surface area contributed by atoms with Gasteiger partial charge in [-0.1, -0.05) is 19.0 Å². The predicted molar refractivity (Wildman–Crippen MR) is 101 cm³/mol. The first-order valence-corrected chi connectivity index (χ1v) is 9.61. The summed E-state index contributed by atoms with van der Waals surface area (Å²) in [5.41, 5.74) is 0. The second kappa shape index (κ2) is 8.06. The second-order valence-corrected chi connectivity index (χ2v) is 7.47. The third kappa shape index (κ3) is 4.64. The Bertz CT molecular complexity index is 976. The van der Waals surface area contributed by atoms with Crippen LogP contribution < -0.4 is 10.1 Å². The lowest BCUT2D eigenvalue weighted by Gasteiger charge is -2.17. The van der Waals surface area contributed by atoms with Crippen LogP contribution in [0, 0.1) is 11.7 Å². The summed E-state index contributed by atoms with van der Waals surface area (Å²) in [5, 5.41) is 6.93. The first kappa shape index (κ1) is 19.2. The molecule has 1 aromatic carbocycles. The van der Waals surface area contributed by atoms with Crippen molar-refractivity contribution in [1.82, 2.24) is 15.5 Å². The number of furan rings is 1. The van der Waals surface area contributed by atoms with Crippen LogP contribution >= 0.6 is 0 Å². The van der Waals surface area contributed by atoms with Gasteiger partial charge in [0.25, 0.3) is 5.91 Å². The number of benzene rings is 1. The number of rotatable bonds is 8. The van der Waals surface area contributed by atoms with E-state index in [1.54, 1.807) is 12.1 Å². The van der Waals surface area contributed by atoms with Crippen molar-refractivity contribution in [2.24, 2.45) is 5.92 Å². The van der Waals surface area contributed by atoms with E-state index >= 15 is 0 Å². The Balaban J connectivity index is 1.38. The van der Waals surface area contributed by atoms with Gasteiger partial charge in [0.15, 0.2) is 11.6 Å². The molecule has 1 saturated carbocycles. The fraction of sp³-hybridized carbons (Fsp3) is 0.381. The lowest BCUT2D eigenvalue weighted by atomic mass is 10.0. The van der Waals surface area contributed by atoms with Gasteiger partial charge in [-0.2, -0.15) is 4.98 Å². The number of halogens is 1. The highest BCUT2D eigenvalue weighted by Gasteiger charge is 2.32. The van der Waals surface area contributed by atoms with Crippen molar-refractivity contribution in [3.8, 4) is 5.75 Å². The van der Waals surface area contributed by atoms with Gasteiger partial charge in [-0.3, -0.25) is 4.79 Å². The van der Waals surface area contributed by atoms with E-state index < -0.39 is 6.04 Å². The number of amides is 1. The molecule has 1 N–H and O–H groups in total.